The molecule has 1 aromatic carbocycles. The van der Waals surface area contributed by atoms with Crippen LogP contribution in [0.5, 0.6) is 0 Å². The maximum absolute atomic E-state index is 13.0. The monoisotopic (exact) mass is 381 g/mol. The van der Waals surface area contributed by atoms with E-state index in [1.807, 2.05) is 0 Å². The second-order valence-electron chi connectivity index (χ2n) is 6.38. The Bertz CT molecular complexity index is 768. The predicted molar refractivity (Wildman–Crippen MR) is 94.8 cm³/mol. The first-order valence-corrected chi connectivity index (χ1v) is 8.88. The summed E-state index contributed by atoms with van der Waals surface area (Å²) in [6.07, 6.45) is -2.60. The number of alkyl halides is 3. The first kappa shape index (κ1) is 19.4. The molecule has 1 amide bonds. The summed E-state index contributed by atoms with van der Waals surface area (Å²) in [4.78, 5) is 14.6. The number of aromatic nitrogens is 2. The molecule has 1 aromatic heterocycles. The third-order valence-corrected chi connectivity index (χ3v) is 4.43. The average Bonchev–Trinajstić information content (AvgIpc) is 3.16. The van der Waals surface area contributed by atoms with Crippen molar-refractivity contribution in [3.8, 4) is 5.69 Å². The molecule has 1 fully saturated rings. The normalized spacial score (nSPS) is 15.7. The minimum Gasteiger partial charge on any atom is -0.352 e. The van der Waals surface area contributed by atoms with E-state index in [-0.39, 0.29) is 11.6 Å². The molecule has 1 aliphatic heterocycles. The van der Waals surface area contributed by atoms with Crippen LogP contribution in [0.1, 0.15) is 22.5 Å². The number of amides is 1. The molecule has 146 valence electrons. The van der Waals surface area contributed by atoms with Crippen LogP contribution in [0.3, 0.4) is 0 Å². The van der Waals surface area contributed by atoms with Crippen LogP contribution < -0.4 is 10.6 Å². The number of hydrogen-bond acceptors (Lipinski definition) is 4. The fraction of sp³-hybridized carbons (Fsp3) is 0.444. The highest BCUT2D eigenvalue weighted by Gasteiger charge is 2.35. The summed E-state index contributed by atoms with van der Waals surface area (Å²) in [7, 11) is 0. The number of benzene rings is 1. The Labute approximate surface area is 155 Å². The lowest BCUT2D eigenvalue weighted by Crippen LogP contribution is -2.44. The summed E-state index contributed by atoms with van der Waals surface area (Å²) in [5, 5.41) is 9.84. The third-order valence-electron chi connectivity index (χ3n) is 4.43. The van der Waals surface area contributed by atoms with E-state index in [0.29, 0.717) is 12.1 Å². The summed E-state index contributed by atoms with van der Waals surface area (Å²) in [6, 6.07) is 6.93. The van der Waals surface area contributed by atoms with Gasteiger partial charge in [-0.3, -0.25) is 4.79 Å². The molecule has 2 aromatic rings. The van der Waals surface area contributed by atoms with Gasteiger partial charge < -0.3 is 15.5 Å². The van der Waals surface area contributed by atoms with Crippen LogP contribution in [0.2, 0.25) is 0 Å². The standard InChI is InChI=1S/C18H22F3N5O/c19-18(20,21)16-5-7-24-26(16)15-4-1-3-14(13-15)17(27)23-6-2-10-25-11-8-22-9-12-25/h1,3-5,7,13,22H,2,6,8-12H2,(H,23,27). The highest BCUT2D eigenvalue weighted by Crippen LogP contribution is 2.30. The van der Waals surface area contributed by atoms with Crippen LogP contribution >= 0.6 is 0 Å². The van der Waals surface area contributed by atoms with Crippen LogP contribution in [0.4, 0.5) is 13.2 Å². The smallest absolute Gasteiger partial charge is 0.352 e. The molecule has 9 heteroatoms. The number of nitrogens with one attached hydrogen (secondary N) is 2. The second-order valence-corrected chi connectivity index (χ2v) is 6.38. The maximum atomic E-state index is 13.0. The van der Waals surface area contributed by atoms with Crippen molar-refractivity contribution < 1.29 is 18.0 Å². The first-order valence-electron chi connectivity index (χ1n) is 8.88. The highest BCUT2D eigenvalue weighted by molar-refractivity contribution is 5.94. The van der Waals surface area contributed by atoms with Gasteiger partial charge in [0.25, 0.3) is 5.91 Å². The number of carbonyl (C=O) groups excluding carboxylic acids is 1. The van der Waals surface area contributed by atoms with Gasteiger partial charge in [0.05, 0.1) is 11.9 Å². The Morgan fingerprint density at radius 1 is 1.22 bits per heavy atom. The lowest BCUT2D eigenvalue weighted by Gasteiger charge is -2.27. The summed E-state index contributed by atoms with van der Waals surface area (Å²) in [5.41, 5.74) is -0.379. The molecule has 0 spiro atoms. The van der Waals surface area contributed by atoms with Crippen molar-refractivity contribution in [3.63, 3.8) is 0 Å². The Hall–Kier alpha value is -2.39. The number of carbonyl (C=O) groups is 1. The van der Waals surface area contributed by atoms with E-state index in [0.717, 1.165) is 56.1 Å². The van der Waals surface area contributed by atoms with Gasteiger partial charge in [-0.25, -0.2) is 4.68 Å². The second kappa shape index (κ2) is 8.53. The minimum atomic E-state index is -4.52. The molecule has 27 heavy (non-hydrogen) atoms. The van der Waals surface area contributed by atoms with Gasteiger partial charge in [0.1, 0.15) is 5.69 Å². The van der Waals surface area contributed by atoms with Crippen LogP contribution in [0.15, 0.2) is 36.5 Å². The molecule has 0 saturated carbocycles. The third kappa shape index (κ3) is 5.08. The van der Waals surface area contributed by atoms with E-state index in [2.05, 4.69) is 20.6 Å². The van der Waals surface area contributed by atoms with E-state index >= 15 is 0 Å². The van der Waals surface area contributed by atoms with E-state index < -0.39 is 11.9 Å². The number of nitrogens with zero attached hydrogens (tertiary/aromatic N) is 3. The van der Waals surface area contributed by atoms with Crippen LogP contribution in [0.25, 0.3) is 5.69 Å². The van der Waals surface area contributed by atoms with E-state index in [9.17, 15) is 18.0 Å². The highest BCUT2D eigenvalue weighted by atomic mass is 19.4. The van der Waals surface area contributed by atoms with Gasteiger partial charge in [0.15, 0.2) is 0 Å². The lowest BCUT2D eigenvalue weighted by atomic mass is 10.2. The maximum Gasteiger partial charge on any atom is 0.433 e. The van der Waals surface area contributed by atoms with Crippen molar-refractivity contribution in [3.05, 3.63) is 47.8 Å². The van der Waals surface area contributed by atoms with Crippen LogP contribution in [-0.2, 0) is 6.18 Å². The molecular formula is C18H22F3N5O. The van der Waals surface area contributed by atoms with Gasteiger partial charge in [0.2, 0.25) is 0 Å². The van der Waals surface area contributed by atoms with Crippen molar-refractivity contribution in [2.45, 2.75) is 12.6 Å². The number of rotatable bonds is 6. The molecule has 0 unspecified atom stereocenters. The molecule has 0 radical (unpaired) electrons. The largest absolute Gasteiger partial charge is 0.433 e. The SMILES string of the molecule is O=C(NCCCN1CCNCC1)c1cccc(-n2nccc2C(F)(F)F)c1. The van der Waals surface area contributed by atoms with Gasteiger partial charge in [-0.2, -0.15) is 18.3 Å². The molecule has 3 rings (SSSR count). The zero-order valence-corrected chi connectivity index (χ0v) is 14.8. The Morgan fingerprint density at radius 3 is 2.74 bits per heavy atom. The number of piperazine rings is 1. The molecule has 0 bridgehead atoms. The van der Waals surface area contributed by atoms with Crippen molar-refractivity contribution in [1.82, 2.24) is 25.3 Å². The van der Waals surface area contributed by atoms with E-state index in [1.165, 1.54) is 12.1 Å². The molecule has 0 aliphatic carbocycles. The van der Waals surface area contributed by atoms with Gasteiger partial charge in [-0.15, -0.1) is 0 Å². The van der Waals surface area contributed by atoms with Crippen molar-refractivity contribution in [1.29, 1.82) is 0 Å². The average molecular weight is 381 g/mol. The zero-order valence-electron chi connectivity index (χ0n) is 14.8. The summed E-state index contributed by atoms with van der Waals surface area (Å²) < 4.78 is 39.9. The van der Waals surface area contributed by atoms with E-state index in [4.69, 9.17) is 0 Å². The summed E-state index contributed by atoms with van der Waals surface area (Å²) in [5.74, 6) is -0.308. The van der Waals surface area contributed by atoms with Crippen LogP contribution in [0, 0.1) is 0 Å². The Balaban J connectivity index is 1.58. The molecule has 6 nitrogen and oxygen atoms in total. The fourth-order valence-electron chi connectivity index (χ4n) is 3.04. The van der Waals surface area contributed by atoms with Gasteiger partial charge >= 0.3 is 6.18 Å². The van der Waals surface area contributed by atoms with Gasteiger partial charge in [-0.1, -0.05) is 6.07 Å². The summed E-state index contributed by atoms with van der Waals surface area (Å²) >= 11 is 0. The van der Waals surface area contributed by atoms with Crippen molar-refractivity contribution >= 4 is 5.91 Å². The molecule has 2 N–H and O–H groups in total. The lowest BCUT2D eigenvalue weighted by molar-refractivity contribution is -0.142. The molecule has 1 aliphatic rings. The van der Waals surface area contributed by atoms with Gasteiger partial charge in [0, 0.05) is 38.3 Å². The van der Waals surface area contributed by atoms with Crippen molar-refractivity contribution in [2.75, 3.05) is 39.3 Å². The predicted octanol–water partition coefficient (Wildman–Crippen LogP) is 1.92. The fourth-order valence-corrected chi connectivity index (χ4v) is 3.04. The zero-order chi connectivity index (χ0) is 19.3. The molecule has 1 saturated heterocycles. The van der Waals surface area contributed by atoms with E-state index in [1.54, 1.807) is 12.1 Å². The molecular weight excluding hydrogens is 359 g/mol. The first-order chi connectivity index (χ1) is 12.9. The Kier molecular flexibility index (Phi) is 6.12. The van der Waals surface area contributed by atoms with Crippen molar-refractivity contribution in [2.24, 2.45) is 0 Å². The minimum absolute atomic E-state index is 0.195. The molecule has 0 atom stereocenters. The number of hydrogen-bond donors (Lipinski definition) is 2. The topological polar surface area (TPSA) is 62.2 Å². The quantitative estimate of drug-likeness (QED) is 0.751. The summed E-state index contributed by atoms with van der Waals surface area (Å²) in [6.45, 7) is 5.38. The Morgan fingerprint density at radius 2 is 2.00 bits per heavy atom. The van der Waals surface area contributed by atoms with Crippen LogP contribution in [-0.4, -0.2) is 59.9 Å². The number of halogens is 3. The molecule has 2 heterocycles. The van der Waals surface area contributed by atoms with Gasteiger partial charge in [-0.05, 0) is 37.2 Å².